The fraction of sp³-hybridized carbons (Fsp3) is 0.538. The van der Waals surface area contributed by atoms with Crippen LogP contribution < -0.4 is 5.32 Å². The molecule has 2 heteroatoms. The highest BCUT2D eigenvalue weighted by Crippen LogP contribution is 2.29. The molecule has 1 aromatic rings. The monoisotopic (exact) mass is 205 g/mol. The van der Waals surface area contributed by atoms with Gasteiger partial charge in [0.15, 0.2) is 0 Å². The van der Waals surface area contributed by atoms with E-state index in [1.54, 1.807) is 0 Å². The van der Waals surface area contributed by atoms with E-state index in [0.29, 0.717) is 0 Å². The Balaban J connectivity index is 2.24. The fourth-order valence-electron chi connectivity index (χ4n) is 2.30. The summed E-state index contributed by atoms with van der Waals surface area (Å²) in [5.41, 5.74) is 2.48. The molecule has 0 aliphatic carbocycles. The zero-order chi connectivity index (χ0) is 10.9. The molecule has 2 N–H and O–H groups in total. The molecule has 82 valence electrons. The van der Waals surface area contributed by atoms with Gasteiger partial charge in [-0.1, -0.05) is 29.8 Å². The Morgan fingerprint density at radius 3 is 2.60 bits per heavy atom. The van der Waals surface area contributed by atoms with Gasteiger partial charge in [-0.05, 0) is 38.8 Å². The van der Waals surface area contributed by atoms with Gasteiger partial charge in [0.2, 0.25) is 0 Å². The Hall–Kier alpha value is -0.860. The number of aryl methyl sites for hydroxylation is 1. The van der Waals surface area contributed by atoms with Crippen LogP contribution in [0.5, 0.6) is 0 Å². The molecule has 2 unspecified atom stereocenters. The SMILES string of the molecule is Cc1ccc(C2(C)CC(O)CCN2)cc1. The van der Waals surface area contributed by atoms with Gasteiger partial charge in [0, 0.05) is 5.54 Å². The maximum absolute atomic E-state index is 9.72. The number of aliphatic hydroxyl groups excluding tert-OH is 1. The molecule has 1 saturated heterocycles. The number of piperidine rings is 1. The summed E-state index contributed by atoms with van der Waals surface area (Å²) in [5.74, 6) is 0. The van der Waals surface area contributed by atoms with E-state index in [-0.39, 0.29) is 11.6 Å². The molecule has 0 radical (unpaired) electrons. The Labute approximate surface area is 91.3 Å². The molecular formula is C13H19NO. The zero-order valence-electron chi connectivity index (χ0n) is 9.46. The molecule has 1 heterocycles. The first-order valence-electron chi connectivity index (χ1n) is 5.60. The van der Waals surface area contributed by atoms with Crippen LogP contribution >= 0.6 is 0 Å². The van der Waals surface area contributed by atoms with E-state index < -0.39 is 0 Å². The van der Waals surface area contributed by atoms with E-state index in [1.807, 2.05) is 0 Å². The number of rotatable bonds is 1. The highest BCUT2D eigenvalue weighted by molar-refractivity contribution is 5.28. The van der Waals surface area contributed by atoms with Crippen molar-refractivity contribution in [3.05, 3.63) is 35.4 Å². The molecule has 15 heavy (non-hydrogen) atoms. The van der Waals surface area contributed by atoms with Gasteiger partial charge < -0.3 is 10.4 Å². The smallest absolute Gasteiger partial charge is 0.0573 e. The average molecular weight is 205 g/mol. The van der Waals surface area contributed by atoms with Crippen LogP contribution in [0.2, 0.25) is 0 Å². The van der Waals surface area contributed by atoms with Crippen molar-refractivity contribution in [1.82, 2.24) is 5.32 Å². The predicted octanol–water partition coefficient (Wildman–Crippen LogP) is 1.95. The quantitative estimate of drug-likeness (QED) is 0.734. The number of hydrogen-bond acceptors (Lipinski definition) is 2. The van der Waals surface area contributed by atoms with Gasteiger partial charge in [-0.25, -0.2) is 0 Å². The van der Waals surface area contributed by atoms with Crippen LogP contribution in [-0.2, 0) is 5.54 Å². The Bertz CT molecular complexity index is 333. The van der Waals surface area contributed by atoms with E-state index in [2.05, 4.69) is 43.4 Å². The van der Waals surface area contributed by atoms with E-state index in [1.165, 1.54) is 11.1 Å². The lowest BCUT2D eigenvalue weighted by molar-refractivity contribution is 0.0835. The molecule has 0 aromatic heterocycles. The molecule has 1 aromatic carbocycles. The molecular weight excluding hydrogens is 186 g/mol. The average Bonchev–Trinajstić information content (AvgIpc) is 2.18. The molecule has 0 saturated carbocycles. The third kappa shape index (κ3) is 2.21. The lowest BCUT2D eigenvalue weighted by Gasteiger charge is -2.38. The summed E-state index contributed by atoms with van der Waals surface area (Å²) in [4.78, 5) is 0. The van der Waals surface area contributed by atoms with Crippen LogP contribution in [0.15, 0.2) is 24.3 Å². The maximum atomic E-state index is 9.72. The van der Waals surface area contributed by atoms with Crippen molar-refractivity contribution in [3.8, 4) is 0 Å². The number of nitrogens with one attached hydrogen (secondary N) is 1. The minimum absolute atomic E-state index is 0.0641. The third-order valence-electron chi connectivity index (χ3n) is 3.33. The molecule has 2 nitrogen and oxygen atoms in total. The van der Waals surface area contributed by atoms with E-state index in [0.717, 1.165) is 19.4 Å². The molecule has 1 aliphatic heterocycles. The van der Waals surface area contributed by atoms with Crippen molar-refractivity contribution >= 4 is 0 Å². The van der Waals surface area contributed by atoms with Crippen molar-refractivity contribution in [2.75, 3.05) is 6.54 Å². The highest BCUT2D eigenvalue weighted by atomic mass is 16.3. The van der Waals surface area contributed by atoms with Crippen molar-refractivity contribution in [3.63, 3.8) is 0 Å². The number of hydrogen-bond donors (Lipinski definition) is 2. The summed E-state index contributed by atoms with van der Waals surface area (Å²) in [6, 6.07) is 8.56. The fourth-order valence-corrected chi connectivity index (χ4v) is 2.30. The maximum Gasteiger partial charge on any atom is 0.0573 e. The van der Waals surface area contributed by atoms with Crippen LogP contribution in [0.4, 0.5) is 0 Å². The summed E-state index contributed by atoms with van der Waals surface area (Å²) >= 11 is 0. The molecule has 1 fully saturated rings. The van der Waals surface area contributed by atoms with Gasteiger partial charge in [-0.2, -0.15) is 0 Å². The van der Waals surface area contributed by atoms with Gasteiger partial charge in [0.1, 0.15) is 0 Å². The molecule has 0 spiro atoms. The second kappa shape index (κ2) is 3.95. The lowest BCUT2D eigenvalue weighted by atomic mass is 9.82. The topological polar surface area (TPSA) is 32.3 Å². The summed E-state index contributed by atoms with van der Waals surface area (Å²) < 4.78 is 0. The van der Waals surface area contributed by atoms with Crippen molar-refractivity contribution in [1.29, 1.82) is 0 Å². The first-order valence-corrected chi connectivity index (χ1v) is 5.60. The van der Waals surface area contributed by atoms with Crippen LogP contribution in [0.3, 0.4) is 0 Å². The highest BCUT2D eigenvalue weighted by Gasteiger charge is 2.32. The zero-order valence-corrected chi connectivity index (χ0v) is 9.46. The van der Waals surface area contributed by atoms with Gasteiger partial charge in [-0.3, -0.25) is 0 Å². The van der Waals surface area contributed by atoms with Gasteiger partial charge in [0.05, 0.1) is 6.10 Å². The standard InChI is InChI=1S/C13H19NO/c1-10-3-5-11(6-4-10)13(2)9-12(15)7-8-14-13/h3-6,12,14-15H,7-9H2,1-2H3. The van der Waals surface area contributed by atoms with Crippen LogP contribution in [0, 0.1) is 6.92 Å². The van der Waals surface area contributed by atoms with Gasteiger partial charge in [0.25, 0.3) is 0 Å². The van der Waals surface area contributed by atoms with Crippen LogP contribution in [-0.4, -0.2) is 17.8 Å². The van der Waals surface area contributed by atoms with Crippen molar-refractivity contribution in [2.45, 2.75) is 38.3 Å². The second-order valence-electron chi connectivity index (χ2n) is 4.77. The van der Waals surface area contributed by atoms with E-state index in [9.17, 15) is 5.11 Å². The number of aliphatic hydroxyl groups is 1. The van der Waals surface area contributed by atoms with Gasteiger partial charge >= 0.3 is 0 Å². The number of benzene rings is 1. The summed E-state index contributed by atoms with van der Waals surface area (Å²) in [5, 5.41) is 13.2. The Kier molecular flexibility index (Phi) is 2.81. The Morgan fingerprint density at radius 2 is 2.00 bits per heavy atom. The first-order chi connectivity index (χ1) is 7.10. The third-order valence-corrected chi connectivity index (χ3v) is 3.33. The predicted molar refractivity (Wildman–Crippen MR) is 61.8 cm³/mol. The minimum Gasteiger partial charge on any atom is -0.393 e. The molecule has 2 atom stereocenters. The van der Waals surface area contributed by atoms with Crippen molar-refractivity contribution < 1.29 is 5.11 Å². The molecule has 2 rings (SSSR count). The summed E-state index contributed by atoms with van der Waals surface area (Å²) in [6.07, 6.45) is 1.50. The molecule has 0 amide bonds. The van der Waals surface area contributed by atoms with E-state index in [4.69, 9.17) is 0 Å². The molecule has 0 bridgehead atoms. The van der Waals surface area contributed by atoms with E-state index >= 15 is 0 Å². The van der Waals surface area contributed by atoms with Gasteiger partial charge in [-0.15, -0.1) is 0 Å². The Morgan fingerprint density at radius 1 is 1.33 bits per heavy atom. The summed E-state index contributed by atoms with van der Waals surface area (Å²) in [6.45, 7) is 5.15. The minimum atomic E-state index is -0.169. The summed E-state index contributed by atoms with van der Waals surface area (Å²) in [7, 11) is 0. The van der Waals surface area contributed by atoms with Crippen molar-refractivity contribution in [2.24, 2.45) is 0 Å². The second-order valence-corrected chi connectivity index (χ2v) is 4.77. The van der Waals surface area contributed by atoms with Crippen LogP contribution in [0.25, 0.3) is 0 Å². The van der Waals surface area contributed by atoms with Crippen LogP contribution in [0.1, 0.15) is 30.9 Å². The largest absolute Gasteiger partial charge is 0.393 e. The first kappa shape index (κ1) is 10.7. The normalized spacial score (nSPS) is 31.5. The molecule has 1 aliphatic rings. The lowest BCUT2D eigenvalue weighted by Crippen LogP contribution is -2.47.